The monoisotopic (exact) mass is 169 g/mol. The molecule has 0 rings (SSSR count). The SMILES string of the molecule is C.[Cl][Ti]([Cl])[Cl]. The Balaban J connectivity index is 0. The molecule has 33 valence electrons. The zero-order valence-corrected chi connectivity index (χ0v) is 5.46. The average molecular weight is 170 g/mol. The Hall–Kier alpha value is 1.58. The minimum atomic E-state index is -1.92. The van der Waals surface area contributed by atoms with Gasteiger partial charge < -0.3 is 0 Å². The molecule has 0 unspecified atom stereocenters. The van der Waals surface area contributed by atoms with Crippen molar-refractivity contribution >= 4 is 27.9 Å². The number of hydrogen-bond acceptors (Lipinski definition) is 0. The van der Waals surface area contributed by atoms with Crippen molar-refractivity contribution in [2.45, 2.75) is 7.43 Å². The van der Waals surface area contributed by atoms with Crippen molar-refractivity contribution in [1.82, 2.24) is 0 Å². The summed E-state index contributed by atoms with van der Waals surface area (Å²) in [5.41, 5.74) is 0. The normalized spacial score (nSPS) is 5.40. The third-order valence-electron chi connectivity index (χ3n) is 0. The van der Waals surface area contributed by atoms with Crippen molar-refractivity contribution in [2.75, 3.05) is 0 Å². The zero-order valence-electron chi connectivity index (χ0n) is 1.63. The second kappa shape index (κ2) is 5.58. The van der Waals surface area contributed by atoms with Crippen LogP contribution in [-0.4, -0.2) is 0 Å². The molecule has 0 aromatic rings. The maximum atomic E-state index is 4.97. The van der Waals surface area contributed by atoms with Gasteiger partial charge in [0.05, 0.1) is 0 Å². The predicted octanol–water partition coefficient (Wildman–Crippen LogP) is 2.70. The van der Waals surface area contributed by atoms with E-state index in [0.717, 1.165) is 0 Å². The van der Waals surface area contributed by atoms with Gasteiger partial charge in [0.1, 0.15) is 0 Å². The molecule has 0 atom stereocenters. The van der Waals surface area contributed by atoms with Crippen LogP contribution in [0.1, 0.15) is 7.43 Å². The van der Waals surface area contributed by atoms with Gasteiger partial charge in [-0.2, -0.15) is 0 Å². The molecule has 0 bridgehead atoms. The maximum absolute atomic E-state index is 4.97. The summed E-state index contributed by atoms with van der Waals surface area (Å²) in [5, 5.41) is 0. The van der Waals surface area contributed by atoms with Gasteiger partial charge in [0, 0.05) is 0 Å². The molecule has 0 saturated heterocycles. The second-order valence-corrected chi connectivity index (χ2v) is 7.95. The van der Waals surface area contributed by atoms with E-state index in [1.807, 2.05) is 0 Å². The van der Waals surface area contributed by atoms with Gasteiger partial charge in [0.2, 0.25) is 0 Å². The molecule has 0 nitrogen and oxygen atoms in total. The standard InChI is InChI=1S/CH4.3ClH.Ti/h1H4;3*1H;/q;;;;+3/p-3. The van der Waals surface area contributed by atoms with E-state index >= 15 is 0 Å². The van der Waals surface area contributed by atoms with Crippen LogP contribution in [0, 0.1) is 0 Å². The summed E-state index contributed by atoms with van der Waals surface area (Å²) >= 11 is -1.92. The summed E-state index contributed by atoms with van der Waals surface area (Å²) in [7, 11) is 14.9. The van der Waals surface area contributed by atoms with Crippen LogP contribution >= 0.6 is 27.9 Å². The summed E-state index contributed by atoms with van der Waals surface area (Å²) in [4.78, 5) is 0. The molecule has 0 heterocycles. The van der Waals surface area contributed by atoms with E-state index in [0.29, 0.717) is 0 Å². The first-order valence-electron chi connectivity index (χ1n) is 0.567. The Morgan fingerprint density at radius 3 is 1.00 bits per heavy atom. The quantitative estimate of drug-likeness (QED) is 0.490. The Bertz CT molecular complexity index is 11.6. The van der Waals surface area contributed by atoms with Gasteiger partial charge in [0.15, 0.2) is 0 Å². The molecule has 0 spiro atoms. The molecule has 0 aliphatic carbocycles. The second-order valence-electron chi connectivity index (χ2n) is 0.214. The van der Waals surface area contributed by atoms with Crippen molar-refractivity contribution in [1.29, 1.82) is 0 Å². The zero-order chi connectivity index (χ0) is 3.58. The van der Waals surface area contributed by atoms with Crippen LogP contribution in [0.25, 0.3) is 0 Å². The van der Waals surface area contributed by atoms with E-state index in [2.05, 4.69) is 0 Å². The summed E-state index contributed by atoms with van der Waals surface area (Å²) < 4.78 is 0. The van der Waals surface area contributed by atoms with Crippen molar-refractivity contribution in [3.63, 3.8) is 0 Å². The molecule has 0 aliphatic heterocycles. The Kier molecular flexibility index (Phi) is 10.9. The van der Waals surface area contributed by atoms with E-state index in [1.54, 1.807) is 0 Å². The molecule has 0 aromatic carbocycles. The van der Waals surface area contributed by atoms with E-state index < -0.39 is 14.7 Å². The molecule has 4 heteroatoms. The number of halogens is 3. The third kappa shape index (κ3) is 28.6. The summed E-state index contributed by atoms with van der Waals surface area (Å²) in [6, 6.07) is 0. The third-order valence-corrected chi connectivity index (χ3v) is 0. The van der Waals surface area contributed by atoms with Crippen LogP contribution in [0.3, 0.4) is 0 Å². The summed E-state index contributed by atoms with van der Waals surface area (Å²) in [6.07, 6.45) is 0. The Morgan fingerprint density at radius 1 is 1.00 bits per heavy atom. The first kappa shape index (κ1) is 9.77. The molecule has 0 fully saturated rings. The van der Waals surface area contributed by atoms with Gasteiger partial charge in [0.25, 0.3) is 0 Å². The van der Waals surface area contributed by atoms with Gasteiger partial charge in [-0.1, -0.05) is 7.43 Å². The van der Waals surface area contributed by atoms with Gasteiger partial charge in [-0.25, -0.2) is 0 Å². The van der Waals surface area contributed by atoms with Gasteiger partial charge >= 0.3 is 42.6 Å². The fourth-order valence-electron chi connectivity index (χ4n) is 0. The van der Waals surface area contributed by atoms with Crippen molar-refractivity contribution in [3.8, 4) is 0 Å². The first-order valence-corrected chi connectivity index (χ1v) is 7.01. The molecule has 0 saturated carbocycles. The Morgan fingerprint density at radius 2 is 1.00 bits per heavy atom. The van der Waals surface area contributed by atoms with Crippen LogP contribution in [0.2, 0.25) is 0 Å². The van der Waals surface area contributed by atoms with Gasteiger partial charge in [-0.3, -0.25) is 0 Å². The molecule has 0 N–H and O–H groups in total. The van der Waals surface area contributed by atoms with Gasteiger partial charge in [-0.15, -0.1) is 0 Å². The van der Waals surface area contributed by atoms with Crippen LogP contribution in [0.15, 0.2) is 0 Å². The number of rotatable bonds is 0. The van der Waals surface area contributed by atoms with Crippen molar-refractivity contribution in [2.24, 2.45) is 0 Å². The molecular formula is CH4Cl3Ti. The minimum absolute atomic E-state index is 0. The van der Waals surface area contributed by atoms with E-state index in [-0.39, 0.29) is 7.43 Å². The van der Waals surface area contributed by atoms with Crippen LogP contribution < -0.4 is 0 Å². The van der Waals surface area contributed by atoms with E-state index in [4.69, 9.17) is 27.9 Å². The summed E-state index contributed by atoms with van der Waals surface area (Å²) in [6.45, 7) is 0. The molecule has 5 heavy (non-hydrogen) atoms. The number of hydrogen-bond donors (Lipinski definition) is 0. The molecule has 0 amide bonds. The topological polar surface area (TPSA) is 0 Å². The molecule has 0 radical (unpaired) electrons. The molecule has 0 aromatic heterocycles. The fourth-order valence-corrected chi connectivity index (χ4v) is 0. The average Bonchev–Trinajstić information content (AvgIpc) is 0.811. The Labute approximate surface area is 49.9 Å². The predicted molar refractivity (Wildman–Crippen MR) is 24.3 cm³/mol. The van der Waals surface area contributed by atoms with Crippen molar-refractivity contribution < 1.29 is 14.7 Å². The van der Waals surface area contributed by atoms with Gasteiger partial charge in [-0.05, 0) is 0 Å². The molecular weight excluding hydrogens is 166 g/mol. The summed E-state index contributed by atoms with van der Waals surface area (Å²) in [5.74, 6) is 0. The van der Waals surface area contributed by atoms with Crippen molar-refractivity contribution in [3.05, 3.63) is 0 Å². The first-order chi connectivity index (χ1) is 1.73. The fraction of sp³-hybridized carbons (Fsp3) is 1.00. The van der Waals surface area contributed by atoms with E-state index in [1.165, 1.54) is 0 Å². The van der Waals surface area contributed by atoms with Crippen LogP contribution in [-0.2, 0) is 14.7 Å². The van der Waals surface area contributed by atoms with Crippen LogP contribution in [0.4, 0.5) is 0 Å². The molecule has 0 aliphatic rings. The van der Waals surface area contributed by atoms with E-state index in [9.17, 15) is 0 Å². The van der Waals surface area contributed by atoms with Crippen LogP contribution in [0.5, 0.6) is 0 Å².